The molecule has 1 rings (SSSR count). The molecule has 0 bridgehead atoms. The van der Waals surface area contributed by atoms with Gasteiger partial charge in [-0.3, -0.25) is 9.59 Å². The van der Waals surface area contributed by atoms with Crippen LogP contribution in [-0.2, 0) is 14.3 Å². The lowest BCUT2D eigenvalue weighted by molar-refractivity contribution is -0.149. The van der Waals surface area contributed by atoms with E-state index >= 15 is 0 Å². The Bertz CT molecular complexity index is 604. The van der Waals surface area contributed by atoms with Crippen LogP contribution in [0.25, 0.3) is 0 Å². The van der Waals surface area contributed by atoms with Gasteiger partial charge in [0.15, 0.2) is 5.54 Å². The van der Waals surface area contributed by atoms with Crippen molar-refractivity contribution in [3.63, 3.8) is 0 Å². The maximum absolute atomic E-state index is 12.2. The largest absolute Gasteiger partial charge is 0.493 e. The zero-order valence-electron chi connectivity index (χ0n) is 13.9. The minimum absolute atomic E-state index is 0.199. The summed E-state index contributed by atoms with van der Waals surface area (Å²) >= 11 is 0. The number of hydrogen-bond donors (Lipinski definition) is 3. The standard InChI is InChI=1S/C16H22N2O6/c1-4-24-12-8-6-5-7-11(12)14(20)17-9-13(19)18-16(2,10-23-3)15(21)22/h5-8H,4,9-10H2,1-3H3,(H,17,20)(H,18,19)(H,21,22). The molecular weight excluding hydrogens is 316 g/mol. The van der Waals surface area contributed by atoms with Crippen molar-refractivity contribution in [2.75, 3.05) is 26.9 Å². The van der Waals surface area contributed by atoms with Gasteiger partial charge in [-0.25, -0.2) is 4.79 Å². The molecule has 0 aliphatic rings. The molecule has 0 aromatic heterocycles. The number of aliphatic carboxylic acids is 1. The highest BCUT2D eigenvalue weighted by Gasteiger charge is 2.34. The van der Waals surface area contributed by atoms with Gasteiger partial charge in [0, 0.05) is 7.11 Å². The van der Waals surface area contributed by atoms with E-state index in [0.29, 0.717) is 17.9 Å². The summed E-state index contributed by atoms with van der Waals surface area (Å²) in [4.78, 5) is 35.3. The summed E-state index contributed by atoms with van der Waals surface area (Å²) in [6.07, 6.45) is 0. The number of benzene rings is 1. The zero-order valence-corrected chi connectivity index (χ0v) is 13.9. The number of rotatable bonds is 9. The molecule has 0 saturated carbocycles. The molecule has 0 aliphatic carbocycles. The van der Waals surface area contributed by atoms with Gasteiger partial charge in [-0.05, 0) is 26.0 Å². The molecule has 0 heterocycles. The quantitative estimate of drug-likeness (QED) is 0.601. The highest BCUT2D eigenvalue weighted by atomic mass is 16.5. The molecule has 1 atom stereocenters. The second-order valence-electron chi connectivity index (χ2n) is 5.23. The maximum Gasteiger partial charge on any atom is 0.331 e. The van der Waals surface area contributed by atoms with Crippen LogP contribution in [0.3, 0.4) is 0 Å². The molecular formula is C16H22N2O6. The SMILES string of the molecule is CCOc1ccccc1C(=O)NCC(=O)NC(C)(COC)C(=O)O. The molecule has 1 unspecified atom stereocenters. The fourth-order valence-electron chi connectivity index (χ4n) is 1.98. The highest BCUT2D eigenvalue weighted by molar-refractivity contribution is 5.99. The van der Waals surface area contributed by atoms with Gasteiger partial charge in [-0.1, -0.05) is 12.1 Å². The number of hydrogen-bond acceptors (Lipinski definition) is 5. The Morgan fingerprint density at radius 2 is 1.92 bits per heavy atom. The fourth-order valence-corrected chi connectivity index (χ4v) is 1.98. The van der Waals surface area contributed by atoms with Crippen molar-refractivity contribution in [3.05, 3.63) is 29.8 Å². The Balaban J connectivity index is 2.67. The van der Waals surface area contributed by atoms with Crippen LogP contribution in [-0.4, -0.2) is 55.3 Å². The van der Waals surface area contributed by atoms with E-state index in [1.165, 1.54) is 14.0 Å². The van der Waals surface area contributed by atoms with Crippen molar-refractivity contribution in [1.29, 1.82) is 0 Å². The Morgan fingerprint density at radius 3 is 2.50 bits per heavy atom. The van der Waals surface area contributed by atoms with E-state index in [1.807, 2.05) is 0 Å². The van der Waals surface area contributed by atoms with Gasteiger partial charge >= 0.3 is 5.97 Å². The number of ether oxygens (including phenoxy) is 2. The number of methoxy groups -OCH3 is 1. The summed E-state index contributed by atoms with van der Waals surface area (Å²) in [6.45, 7) is 2.95. The van der Waals surface area contributed by atoms with Gasteiger partial charge in [-0.2, -0.15) is 0 Å². The second-order valence-corrected chi connectivity index (χ2v) is 5.23. The third kappa shape index (κ3) is 5.24. The van der Waals surface area contributed by atoms with Crippen LogP contribution in [0.4, 0.5) is 0 Å². The molecule has 1 aromatic rings. The molecule has 8 nitrogen and oxygen atoms in total. The minimum Gasteiger partial charge on any atom is -0.493 e. The molecule has 0 spiro atoms. The number of carboxylic acids is 1. The Hall–Kier alpha value is -2.61. The van der Waals surface area contributed by atoms with E-state index < -0.39 is 23.3 Å². The number of amides is 2. The van der Waals surface area contributed by atoms with Gasteiger partial charge in [0.25, 0.3) is 5.91 Å². The van der Waals surface area contributed by atoms with E-state index in [1.54, 1.807) is 31.2 Å². The van der Waals surface area contributed by atoms with Gasteiger partial charge < -0.3 is 25.2 Å². The summed E-state index contributed by atoms with van der Waals surface area (Å²) in [7, 11) is 1.33. The van der Waals surface area contributed by atoms with Gasteiger partial charge in [0.1, 0.15) is 5.75 Å². The summed E-state index contributed by atoms with van der Waals surface area (Å²) in [5.74, 6) is -1.95. The Labute approximate surface area is 140 Å². The molecule has 3 N–H and O–H groups in total. The first kappa shape index (κ1) is 19.4. The highest BCUT2D eigenvalue weighted by Crippen LogP contribution is 2.17. The molecule has 0 fully saturated rings. The average molecular weight is 338 g/mol. The van der Waals surface area contributed by atoms with Crippen LogP contribution < -0.4 is 15.4 Å². The maximum atomic E-state index is 12.2. The molecule has 0 aliphatic heterocycles. The number of para-hydroxylation sites is 1. The van der Waals surface area contributed by atoms with Crippen molar-refractivity contribution in [2.45, 2.75) is 19.4 Å². The summed E-state index contributed by atoms with van der Waals surface area (Å²) in [6, 6.07) is 6.64. The van der Waals surface area contributed by atoms with E-state index in [4.69, 9.17) is 14.6 Å². The predicted molar refractivity (Wildman–Crippen MR) is 86.0 cm³/mol. The van der Waals surface area contributed by atoms with Crippen molar-refractivity contribution >= 4 is 17.8 Å². The number of carbonyl (C=O) groups excluding carboxylic acids is 2. The van der Waals surface area contributed by atoms with Crippen LogP contribution in [0.1, 0.15) is 24.2 Å². The lowest BCUT2D eigenvalue weighted by Gasteiger charge is -2.25. The molecule has 24 heavy (non-hydrogen) atoms. The van der Waals surface area contributed by atoms with E-state index in [9.17, 15) is 14.4 Å². The molecule has 0 radical (unpaired) electrons. The summed E-state index contributed by atoms with van der Waals surface area (Å²) in [5.41, 5.74) is -1.27. The third-order valence-electron chi connectivity index (χ3n) is 3.16. The van der Waals surface area contributed by atoms with Crippen molar-refractivity contribution < 1.29 is 29.0 Å². The topological polar surface area (TPSA) is 114 Å². The minimum atomic E-state index is -1.57. The molecule has 0 saturated heterocycles. The van der Waals surface area contributed by atoms with Crippen molar-refractivity contribution in [1.82, 2.24) is 10.6 Å². The second kappa shape index (κ2) is 8.88. The van der Waals surface area contributed by atoms with Gasteiger partial charge in [-0.15, -0.1) is 0 Å². The summed E-state index contributed by atoms with van der Waals surface area (Å²) < 4.78 is 10.2. The van der Waals surface area contributed by atoms with Crippen LogP contribution >= 0.6 is 0 Å². The van der Waals surface area contributed by atoms with E-state index in [-0.39, 0.29) is 13.2 Å². The Kier molecular flexibility index (Phi) is 7.19. The predicted octanol–water partition coefficient (Wildman–Crippen LogP) is 0.421. The van der Waals surface area contributed by atoms with Crippen LogP contribution in [0.2, 0.25) is 0 Å². The molecule has 132 valence electrons. The van der Waals surface area contributed by atoms with E-state index in [0.717, 1.165) is 0 Å². The molecule has 1 aromatic carbocycles. The summed E-state index contributed by atoms with van der Waals surface area (Å²) in [5, 5.41) is 13.9. The van der Waals surface area contributed by atoms with Crippen LogP contribution in [0, 0.1) is 0 Å². The third-order valence-corrected chi connectivity index (χ3v) is 3.16. The normalized spacial score (nSPS) is 12.8. The van der Waals surface area contributed by atoms with Crippen molar-refractivity contribution in [3.8, 4) is 5.75 Å². The van der Waals surface area contributed by atoms with Gasteiger partial charge in [0.2, 0.25) is 5.91 Å². The molecule has 2 amide bonds. The Morgan fingerprint density at radius 1 is 1.25 bits per heavy atom. The van der Waals surface area contributed by atoms with Crippen LogP contribution in [0.5, 0.6) is 5.75 Å². The van der Waals surface area contributed by atoms with Crippen LogP contribution in [0.15, 0.2) is 24.3 Å². The number of nitrogens with one attached hydrogen (secondary N) is 2. The number of carbonyl (C=O) groups is 3. The molecule has 8 heteroatoms. The first-order valence-electron chi connectivity index (χ1n) is 7.37. The first-order valence-corrected chi connectivity index (χ1v) is 7.37. The lowest BCUT2D eigenvalue weighted by atomic mass is 10.0. The fraction of sp³-hybridized carbons (Fsp3) is 0.438. The lowest BCUT2D eigenvalue weighted by Crippen LogP contribution is -2.57. The number of carboxylic acid groups (broad SMARTS) is 1. The van der Waals surface area contributed by atoms with Gasteiger partial charge in [0.05, 0.1) is 25.3 Å². The first-order chi connectivity index (χ1) is 11.3. The van der Waals surface area contributed by atoms with E-state index in [2.05, 4.69) is 10.6 Å². The smallest absolute Gasteiger partial charge is 0.331 e. The van der Waals surface area contributed by atoms with Crippen molar-refractivity contribution in [2.24, 2.45) is 0 Å². The zero-order chi connectivity index (χ0) is 18.2. The average Bonchev–Trinajstić information content (AvgIpc) is 2.53. The monoisotopic (exact) mass is 338 g/mol.